The van der Waals surface area contributed by atoms with Crippen molar-refractivity contribution in [3.63, 3.8) is 0 Å². The van der Waals surface area contributed by atoms with E-state index < -0.39 is 0 Å². The van der Waals surface area contributed by atoms with E-state index in [4.69, 9.17) is 4.74 Å². The van der Waals surface area contributed by atoms with E-state index in [9.17, 15) is 4.79 Å². The molecule has 0 fully saturated rings. The third-order valence-electron chi connectivity index (χ3n) is 2.54. The average molecular weight is 256 g/mol. The van der Waals surface area contributed by atoms with Gasteiger partial charge in [0.15, 0.2) is 0 Å². The number of hydrogen-bond acceptors (Lipinski definition) is 3. The molecule has 4 heteroatoms. The molecular formula is C15H16N2O2. The molecule has 1 aromatic heterocycles. The maximum absolute atomic E-state index is 11.9. The number of ether oxygens (including phenoxy) is 1. The minimum Gasteiger partial charge on any atom is -0.491 e. The maximum Gasteiger partial charge on any atom is 0.253 e. The molecule has 1 heterocycles. The van der Waals surface area contributed by atoms with E-state index in [1.807, 2.05) is 37.3 Å². The second-order valence-electron chi connectivity index (χ2n) is 4.24. The largest absolute Gasteiger partial charge is 0.491 e. The van der Waals surface area contributed by atoms with E-state index in [2.05, 4.69) is 10.3 Å². The molecule has 19 heavy (non-hydrogen) atoms. The van der Waals surface area contributed by atoms with Crippen molar-refractivity contribution in [1.29, 1.82) is 0 Å². The molecule has 1 atom stereocenters. The van der Waals surface area contributed by atoms with Crippen LogP contribution in [0.5, 0.6) is 5.75 Å². The van der Waals surface area contributed by atoms with E-state index in [0.29, 0.717) is 12.2 Å². The van der Waals surface area contributed by atoms with Gasteiger partial charge in [-0.15, -0.1) is 0 Å². The fourth-order valence-corrected chi connectivity index (χ4v) is 1.58. The van der Waals surface area contributed by atoms with Crippen LogP contribution in [0.25, 0.3) is 0 Å². The maximum atomic E-state index is 11.9. The summed E-state index contributed by atoms with van der Waals surface area (Å²) >= 11 is 0. The van der Waals surface area contributed by atoms with Crippen molar-refractivity contribution in [3.8, 4) is 5.75 Å². The molecule has 0 unspecified atom stereocenters. The van der Waals surface area contributed by atoms with Gasteiger partial charge in [0.25, 0.3) is 5.91 Å². The van der Waals surface area contributed by atoms with Crippen LogP contribution in [0.1, 0.15) is 17.3 Å². The smallest absolute Gasteiger partial charge is 0.253 e. The summed E-state index contributed by atoms with van der Waals surface area (Å²) in [6, 6.07) is 12.9. The topological polar surface area (TPSA) is 51.2 Å². The highest BCUT2D eigenvalue weighted by Gasteiger charge is 2.09. The molecular weight excluding hydrogens is 240 g/mol. The van der Waals surface area contributed by atoms with Crippen LogP contribution >= 0.6 is 0 Å². The summed E-state index contributed by atoms with van der Waals surface area (Å²) in [5.74, 6) is 0.655. The number of pyridine rings is 1. The number of para-hydroxylation sites is 1. The lowest BCUT2D eigenvalue weighted by Gasteiger charge is -2.14. The van der Waals surface area contributed by atoms with Crippen LogP contribution in [-0.4, -0.2) is 23.5 Å². The number of carbonyl (C=O) groups is 1. The molecule has 0 aliphatic carbocycles. The molecule has 2 rings (SSSR count). The van der Waals surface area contributed by atoms with Gasteiger partial charge < -0.3 is 10.1 Å². The highest BCUT2D eigenvalue weighted by Crippen LogP contribution is 2.08. The normalized spacial score (nSPS) is 11.6. The summed E-state index contributed by atoms with van der Waals surface area (Å²) in [6.07, 6.45) is 3.18. The Bertz CT molecular complexity index is 514. The van der Waals surface area contributed by atoms with Gasteiger partial charge >= 0.3 is 0 Å². The third kappa shape index (κ3) is 4.10. The summed E-state index contributed by atoms with van der Waals surface area (Å²) in [5.41, 5.74) is 0.550. The molecule has 1 aromatic carbocycles. The summed E-state index contributed by atoms with van der Waals surface area (Å²) in [7, 11) is 0. The second-order valence-corrected chi connectivity index (χ2v) is 4.24. The predicted octanol–water partition coefficient (Wildman–Crippen LogP) is 2.28. The van der Waals surface area contributed by atoms with Gasteiger partial charge in [-0.1, -0.05) is 18.2 Å². The summed E-state index contributed by atoms with van der Waals surface area (Å²) in [4.78, 5) is 15.8. The van der Waals surface area contributed by atoms with Crippen molar-refractivity contribution in [1.82, 2.24) is 10.3 Å². The van der Waals surface area contributed by atoms with Gasteiger partial charge in [-0.05, 0) is 31.2 Å². The molecule has 1 amide bonds. The monoisotopic (exact) mass is 256 g/mol. The van der Waals surface area contributed by atoms with Gasteiger partial charge in [-0.3, -0.25) is 9.78 Å². The Morgan fingerprint density at radius 3 is 2.74 bits per heavy atom. The molecule has 0 aliphatic heterocycles. The van der Waals surface area contributed by atoms with Gasteiger partial charge in [0.2, 0.25) is 0 Å². The minimum atomic E-state index is -0.141. The van der Waals surface area contributed by atoms with Gasteiger partial charge in [0.05, 0.1) is 11.6 Å². The first-order valence-electron chi connectivity index (χ1n) is 6.14. The molecule has 0 bridgehead atoms. The van der Waals surface area contributed by atoms with E-state index in [1.54, 1.807) is 24.5 Å². The van der Waals surface area contributed by atoms with Crippen molar-refractivity contribution < 1.29 is 9.53 Å². The first-order valence-corrected chi connectivity index (χ1v) is 6.14. The molecule has 0 spiro atoms. The zero-order valence-corrected chi connectivity index (χ0v) is 10.7. The predicted molar refractivity (Wildman–Crippen MR) is 73.1 cm³/mol. The highest BCUT2D eigenvalue weighted by atomic mass is 16.5. The Morgan fingerprint density at radius 1 is 1.26 bits per heavy atom. The first-order chi connectivity index (χ1) is 9.25. The summed E-state index contributed by atoms with van der Waals surface area (Å²) in [6.45, 7) is 2.33. The van der Waals surface area contributed by atoms with Crippen molar-refractivity contribution in [2.45, 2.75) is 13.0 Å². The van der Waals surface area contributed by atoms with Crippen molar-refractivity contribution in [3.05, 3.63) is 60.4 Å². The van der Waals surface area contributed by atoms with E-state index >= 15 is 0 Å². The van der Waals surface area contributed by atoms with Crippen molar-refractivity contribution in [2.24, 2.45) is 0 Å². The Balaban J connectivity index is 1.81. The number of hydrogen-bond donors (Lipinski definition) is 1. The Labute approximate surface area is 112 Å². The number of aromatic nitrogens is 1. The zero-order valence-electron chi connectivity index (χ0n) is 10.7. The molecule has 98 valence electrons. The number of benzene rings is 1. The Kier molecular flexibility index (Phi) is 4.50. The molecule has 4 nitrogen and oxygen atoms in total. The van der Waals surface area contributed by atoms with Gasteiger partial charge in [0.1, 0.15) is 12.4 Å². The number of amides is 1. The lowest BCUT2D eigenvalue weighted by Crippen LogP contribution is -2.36. The van der Waals surface area contributed by atoms with E-state index in [-0.39, 0.29) is 11.9 Å². The van der Waals surface area contributed by atoms with Crippen LogP contribution in [0, 0.1) is 0 Å². The number of nitrogens with zero attached hydrogens (tertiary/aromatic N) is 1. The summed E-state index contributed by atoms with van der Waals surface area (Å²) in [5, 5.41) is 2.86. The molecule has 1 N–H and O–H groups in total. The van der Waals surface area contributed by atoms with Crippen LogP contribution in [0.15, 0.2) is 54.9 Å². The fraction of sp³-hybridized carbons (Fsp3) is 0.200. The Hall–Kier alpha value is -2.36. The average Bonchev–Trinajstić information content (AvgIpc) is 2.47. The van der Waals surface area contributed by atoms with Crippen LogP contribution in [0.4, 0.5) is 0 Å². The van der Waals surface area contributed by atoms with Crippen LogP contribution in [-0.2, 0) is 0 Å². The lowest BCUT2D eigenvalue weighted by molar-refractivity contribution is 0.0926. The first kappa shape index (κ1) is 13.1. The summed E-state index contributed by atoms with van der Waals surface area (Å²) < 4.78 is 5.57. The van der Waals surface area contributed by atoms with Crippen LogP contribution in [0.3, 0.4) is 0 Å². The van der Waals surface area contributed by atoms with E-state index in [1.165, 1.54) is 0 Å². The van der Waals surface area contributed by atoms with Crippen LogP contribution in [0.2, 0.25) is 0 Å². The SMILES string of the molecule is C[C@H](COc1ccccc1)NC(=O)c1cccnc1. The van der Waals surface area contributed by atoms with E-state index in [0.717, 1.165) is 5.75 Å². The van der Waals surface area contributed by atoms with Gasteiger partial charge in [0, 0.05) is 12.4 Å². The lowest BCUT2D eigenvalue weighted by atomic mass is 10.2. The number of nitrogens with one attached hydrogen (secondary N) is 1. The minimum absolute atomic E-state index is 0.0760. The van der Waals surface area contributed by atoms with Gasteiger partial charge in [-0.25, -0.2) is 0 Å². The third-order valence-corrected chi connectivity index (χ3v) is 2.54. The number of rotatable bonds is 5. The molecule has 0 saturated carbocycles. The van der Waals surface area contributed by atoms with Gasteiger partial charge in [-0.2, -0.15) is 0 Å². The standard InChI is InChI=1S/C15H16N2O2/c1-12(11-19-14-7-3-2-4-8-14)17-15(18)13-6-5-9-16-10-13/h2-10,12H,11H2,1H3,(H,17,18)/t12-/m1/s1. The Morgan fingerprint density at radius 2 is 2.05 bits per heavy atom. The quantitative estimate of drug-likeness (QED) is 0.893. The fourth-order valence-electron chi connectivity index (χ4n) is 1.58. The molecule has 0 saturated heterocycles. The molecule has 0 radical (unpaired) electrons. The number of carbonyl (C=O) groups excluding carboxylic acids is 1. The molecule has 0 aliphatic rings. The highest BCUT2D eigenvalue weighted by molar-refractivity contribution is 5.93. The van der Waals surface area contributed by atoms with Crippen molar-refractivity contribution in [2.75, 3.05) is 6.61 Å². The van der Waals surface area contributed by atoms with Crippen molar-refractivity contribution >= 4 is 5.91 Å². The molecule has 2 aromatic rings. The van der Waals surface area contributed by atoms with Crippen LogP contribution < -0.4 is 10.1 Å². The second kappa shape index (κ2) is 6.54. The zero-order chi connectivity index (χ0) is 13.5.